The number of unbranched alkanes of at least 4 members (excludes halogenated alkanes) is 1. The van der Waals surface area contributed by atoms with Gasteiger partial charge in [-0.05, 0) is 107 Å². The Morgan fingerprint density at radius 3 is 1.80 bits per heavy atom. The number of nitrogens with zero attached hydrogens (tertiary/aromatic N) is 11. The van der Waals surface area contributed by atoms with Gasteiger partial charge < -0.3 is 67.4 Å². The second-order valence-corrected chi connectivity index (χ2v) is 22.5. The van der Waals surface area contributed by atoms with Gasteiger partial charge in [-0.25, -0.2) is 29.3 Å². The minimum atomic E-state index is -1.19. The van der Waals surface area contributed by atoms with Gasteiger partial charge in [-0.2, -0.15) is 10.2 Å². The summed E-state index contributed by atoms with van der Waals surface area (Å²) in [4.78, 5) is 158. The number of imidazole rings is 2. The van der Waals surface area contributed by atoms with Crippen molar-refractivity contribution in [3.8, 4) is 5.75 Å². The highest BCUT2D eigenvalue weighted by molar-refractivity contribution is 6.05. The minimum absolute atomic E-state index is 0.0152. The molecule has 34 heteroatoms. The molecule has 506 valence electrons. The summed E-state index contributed by atoms with van der Waals surface area (Å²) in [5, 5.41) is 33.8. The van der Waals surface area contributed by atoms with E-state index in [4.69, 9.17) is 36.8 Å². The predicted octanol–water partition coefficient (Wildman–Crippen LogP) is 3.59. The van der Waals surface area contributed by atoms with Gasteiger partial charge in [-0.3, -0.25) is 62.9 Å². The number of amides is 11. The van der Waals surface area contributed by atoms with Crippen LogP contribution in [0.3, 0.4) is 0 Å². The zero-order chi connectivity index (χ0) is 69.4. The molecule has 0 unspecified atom stereocenters. The fraction of sp³-hybridized carbons (Fsp3) is 0.410. The van der Waals surface area contributed by atoms with E-state index in [-0.39, 0.29) is 110 Å². The molecule has 0 saturated carbocycles. The molecule has 0 saturated heterocycles. The van der Waals surface area contributed by atoms with Crippen LogP contribution in [0.1, 0.15) is 125 Å². The smallest absolute Gasteiger partial charge is 0.415 e. The van der Waals surface area contributed by atoms with E-state index in [9.17, 15) is 52.7 Å². The molecule has 0 aliphatic carbocycles. The van der Waals surface area contributed by atoms with Gasteiger partial charge in [-0.1, -0.05) is 26.0 Å². The monoisotopic (exact) mass is 1310 g/mol. The van der Waals surface area contributed by atoms with Gasteiger partial charge in [0, 0.05) is 83.8 Å². The average molecular weight is 1320 g/mol. The summed E-state index contributed by atoms with van der Waals surface area (Å²) in [6.07, 6.45) is -0.197. The number of ether oxygens (including phenoxy) is 2. The average Bonchev–Trinajstić information content (AvgIpc) is 1.64. The van der Waals surface area contributed by atoms with Gasteiger partial charge in [0.1, 0.15) is 41.1 Å². The lowest BCUT2D eigenvalue weighted by Gasteiger charge is -2.25. The third-order valence-corrected chi connectivity index (χ3v) is 14.9. The number of primary amides is 3. The zero-order valence-electron chi connectivity index (χ0n) is 53.8. The Hall–Kier alpha value is -11.5. The molecule has 13 N–H and O–H groups in total. The molecular weight excluding hydrogens is 1240 g/mol. The van der Waals surface area contributed by atoms with Gasteiger partial charge >= 0.3 is 24.2 Å². The van der Waals surface area contributed by atoms with E-state index in [1.54, 1.807) is 77.9 Å². The van der Waals surface area contributed by atoms with Crippen LogP contribution in [0, 0.1) is 19.8 Å². The van der Waals surface area contributed by atoms with Crippen molar-refractivity contribution >= 4 is 105 Å². The molecule has 0 aliphatic rings. The van der Waals surface area contributed by atoms with E-state index < -0.39 is 90.0 Å². The number of aryl methyl sites for hydroxylation is 6. The number of aliphatic carboxylic acids is 1. The van der Waals surface area contributed by atoms with Crippen molar-refractivity contribution in [2.24, 2.45) is 23.1 Å². The maximum Gasteiger partial charge on any atom is 0.415 e. The number of nitrogens with two attached hydrogens (primary N) is 3. The van der Waals surface area contributed by atoms with Crippen LogP contribution in [-0.2, 0) is 56.7 Å². The number of anilines is 3. The Labute approximate surface area is 544 Å². The molecule has 0 aliphatic heterocycles. The standard InChI is InChI=1S/C61H78N20O14/c1-9-80-43(26-34(5)74-80)54(88)72-58-69-41-28-37(50(62)85)30-45(49(41)78(58)22-11-12-23-79-52-42(29-38(31-66-52)51(63)86)70-59(79)73-55(89)44-27-35(6)75-81(44)10-2)95-61(93)77(8)25-24-76(7)60(92)94-32-36-15-17-39(18-16-36)67-53(87)40(14-13-21-65-57(64)91)68-56(90)48(33(3)4)71-46(82)19-20-47(83)84/h15-18,26-31,33,40,48H,9-14,19-25,32H2,1-8H3,(H2,62,85)(H2,63,86)(H,67,87)(H,68,90)(H,71,82)(H,83,84)(H3,64,65,91)(H,69,72,88)(H,70,73,89)/t40-,48-/m0/s1. The fourth-order valence-electron chi connectivity index (χ4n) is 9.90. The van der Waals surface area contributed by atoms with Crippen molar-refractivity contribution in [3.05, 3.63) is 100 Å². The number of hydrogen-bond acceptors (Lipinski definition) is 18. The van der Waals surface area contributed by atoms with Gasteiger partial charge in [0.15, 0.2) is 11.4 Å². The first-order valence-electron chi connectivity index (χ1n) is 30.4. The highest BCUT2D eigenvalue weighted by Gasteiger charge is 2.30. The Bertz CT molecular complexity index is 4040. The third-order valence-electron chi connectivity index (χ3n) is 14.9. The number of fused-ring (bicyclic) bond motifs is 2. The number of likely N-dealkylation sites (N-methyl/N-ethyl adjacent to an activating group) is 2. The highest BCUT2D eigenvalue weighted by atomic mass is 16.6. The van der Waals surface area contributed by atoms with Crippen molar-refractivity contribution in [2.45, 2.75) is 125 Å². The molecule has 0 bridgehead atoms. The Morgan fingerprint density at radius 1 is 0.663 bits per heavy atom. The van der Waals surface area contributed by atoms with Crippen molar-refractivity contribution in [1.29, 1.82) is 0 Å². The van der Waals surface area contributed by atoms with Crippen molar-refractivity contribution in [2.75, 3.05) is 49.7 Å². The summed E-state index contributed by atoms with van der Waals surface area (Å²) < 4.78 is 17.9. The maximum absolute atomic E-state index is 14.0. The van der Waals surface area contributed by atoms with Crippen molar-refractivity contribution in [3.63, 3.8) is 0 Å². The summed E-state index contributed by atoms with van der Waals surface area (Å²) in [5.41, 5.74) is 20.1. The SMILES string of the molecule is CCn1nc(C)cc1C(=O)Nc1nc2cc(C(N)=O)cnc2n1CCCCn1c(NC(=O)c2cc(C)nn2CC)nc2cc(C(N)=O)cc(OC(=O)N(C)CCN(C)C(=O)OCc3ccc(NC(=O)[C@H](CCCNC(N)=O)NC(=O)[C@@H](NC(=O)CCC(=O)O)C(C)C)cc3)c21. The third kappa shape index (κ3) is 18.8. The lowest BCUT2D eigenvalue weighted by atomic mass is 10.0. The number of benzene rings is 2. The summed E-state index contributed by atoms with van der Waals surface area (Å²) >= 11 is 0. The van der Waals surface area contributed by atoms with Gasteiger partial charge in [0.05, 0.1) is 28.9 Å². The molecule has 5 aromatic heterocycles. The normalized spacial score (nSPS) is 11.8. The first-order chi connectivity index (χ1) is 45.1. The zero-order valence-corrected chi connectivity index (χ0v) is 53.8. The maximum atomic E-state index is 14.0. The fourth-order valence-corrected chi connectivity index (χ4v) is 9.90. The van der Waals surface area contributed by atoms with Crippen molar-refractivity contribution in [1.82, 2.24) is 69.4 Å². The number of aromatic nitrogens is 9. The second-order valence-electron chi connectivity index (χ2n) is 22.5. The number of carbonyl (C=O) groups excluding carboxylic acids is 10. The van der Waals surface area contributed by atoms with E-state index >= 15 is 0 Å². The molecule has 7 aromatic rings. The molecule has 2 atom stereocenters. The van der Waals surface area contributed by atoms with Gasteiger partial charge in [-0.15, -0.1) is 0 Å². The molecule has 95 heavy (non-hydrogen) atoms. The van der Waals surface area contributed by atoms with E-state index in [1.165, 1.54) is 53.0 Å². The number of nitrogens with one attached hydrogen (secondary N) is 6. The largest absolute Gasteiger partial charge is 0.481 e. The molecule has 2 aromatic carbocycles. The summed E-state index contributed by atoms with van der Waals surface area (Å²) in [6.45, 7) is 11.4. The molecule has 34 nitrogen and oxygen atoms in total. The Balaban J connectivity index is 1.02. The molecule has 7 rings (SSSR count). The van der Waals surface area contributed by atoms with Crippen LogP contribution in [0.15, 0.2) is 60.8 Å². The van der Waals surface area contributed by atoms with Gasteiger partial charge in [0.2, 0.25) is 41.4 Å². The Kier molecular flexibility index (Phi) is 24.0. The lowest BCUT2D eigenvalue weighted by molar-refractivity contribution is -0.139. The second kappa shape index (κ2) is 32.2. The van der Waals surface area contributed by atoms with E-state index in [2.05, 4.69) is 52.1 Å². The van der Waals surface area contributed by atoms with Crippen LogP contribution in [-0.4, -0.2) is 170 Å². The topological polar surface area (TPSA) is 467 Å². The van der Waals surface area contributed by atoms with Crippen LogP contribution in [0.5, 0.6) is 5.75 Å². The number of carbonyl (C=O) groups is 11. The van der Waals surface area contributed by atoms with E-state index in [0.717, 1.165) is 0 Å². The first-order valence-corrected chi connectivity index (χ1v) is 30.4. The molecule has 0 spiro atoms. The van der Waals surface area contributed by atoms with E-state index in [0.29, 0.717) is 59.9 Å². The van der Waals surface area contributed by atoms with Crippen LogP contribution in [0.4, 0.5) is 32.0 Å². The number of rotatable bonds is 32. The van der Waals surface area contributed by atoms with Gasteiger partial charge in [0.25, 0.3) is 11.8 Å². The quantitative estimate of drug-likeness (QED) is 0.0269. The molecular formula is C61H78N20O14. The van der Waals surface area contributed by atoms with E-state index in [1.807, 2.05) is 13.8 Å². The number of hydrogen-bond donors (Lipinski definition) is 10. The molecule has 0 fully saturated rings. The number of urea groups is 1. The summed E-state index contributed by atoms with van der Waals surface area (Å²) in [7, 11) is 2.87. The Morgan fingerprint density at radius 2 is 1.23 bits per heavy atom. The molecule has 11 amide bonds. The molecule has 0 radical (unpaired) electrons. The predicted molar refractivity (Wildman–Crippen MR) is 344 cm³/mol. The summed E-state index contributed by atoms with van der Waals surface area (Å²) in [5.74, 6) is -6.27. The first kappa shape index (κ1) is 71.0. The van der Waals surface area contributed by atoms with Crippen LogP contribution < -0.4 is 53.8 Å². The van der Waals surface area contributed by atoms with Crippen LogP contribution in [0.25, 0.3) is 22.2 Å². The molecule has 5 heterocycles. The van der Waals surface area contributed by atoms with Crippen LogP contribution in [0.2, 0.25) is 0 Å². The highest BCUT2D eigenvalue weighted by Crippen LogP contribution is 2.33. The number of carboxylic acids is 1. The lowest BCUT2D eigenvalue weighted by Crippen LogP contribution is -2.54. The van der Waals surface area contributed by atoms with Crippen molar-refractivity contribution < 1.29 is 67.3 Å². The summed E-state index contributed by atoms with van der Waals surface area (Å²) in [6, 6.07) is 10.6. The number of carboxylic acid groups (broad SMARTS) is 1. The van der Waals surface area contributed by atoms with Crippen LogP contribution >= 0.6 is 0 Å². The minimum Gasteiger partial charge on any atom is -0.481 e. The number of pyridine rings is 1.